The summed E-state index contributed by atoms with van der Waals surface area (Å²) >= 11 is 3.18. The first-order valence-electron chi connectivity index (χ1n) is 8.04. The Morgan fingerprint density at radius 1 is 1.19 bits per heavy atom. The summed E-state index contributed by atoms with van der Waals surface area (Å²) in [5.41, 5.74) is 0.538. The van der Waals surface area contributed by atoms with Crippen LogP contribution < -0.4 is 15.0 Å². The quantitative estimate of drug-likeness (QED) is 0.573. The smallest absolute Gasteiger partial charge is 0.336 e. The lowest BCUT2D eigenvalue weighted by molar-refractivity contribution is -0.122. The van der Waals surface area contributed by atoms with Gasteiger partial charge in [-0.15, -0.1) is 0 Å². The normalized spacial score (nSPS) is 15.9. The number of hydrogen-bond donors (Lipinski definition) is 2. The fourth-order valence-corrected chi connectivity index (χ4v) is 2.97. The Hall–Kier alpha value is -3.13. The van der Waals surface area contributed by atoms with Crippen LogP contribution >= 0.6 is 15.9 Å². The van der Waals surface area contributed by atoms with Gasteiger partial charge in [-0.25, -0.2) is 9.69 Å². The standard InChI is InChI=1S/C19H15BrN2O5/c1-2-27-16-6-4-3-5-14(16)22-18(25)12(17(24)21-19(22)26)9-11-7-8-15(23)13(20)10-11/h3-10,23H,2H2,1H3,(H,21,24,26)/b12-9+. The molecular formula is C19H15BrN2O5. The molecule has 1 fully saturated rings. The number of hydrogen-bond acceptors (Lipinski definition) is 5. The van der Waals surface area contributed by atoms with Gasteiger partial charge in [0.05, 0.1) is 16.8 Å². The minimum atomic E-state index is -0.846. The van der Waals surface area contributed by atoms with Crippen molar-refractivity contribution in [2.45, 2.75) is 6.92 Å². The van der Waals surface area contributed by atoms with Crippen LogP contribution in [0.1, 0.15) is 12.5 Å². The van der Waals surface area contributed by atoms with Gasteiger partial charge in [-0.3, -0.25) is 14.9 Å². The van der Waals surface area contributed by atoms with Crippen molar-refractivity contribution in [2.24, 2.45) is 0 Å². The van der Waals surface area contributed by atoms with Crippen LogP contribution in [0.2, 0.25) is 0 Å². The molecule has 0 bridgehead atoms. The van der Waals surface area contributed by atoms with Crippen molar-refractivity contribution in [3.63, 3.8) is 0 Å². The summed E-state index contributed by atoms with van der Waals surface area (Å²) in [6, 6.07) is 10.3. The predicted molar refractivity (Wildman–Crippen MR) is 102 cm³/mol. The van der Waals surface area contributed by atoms with Gasteiger partial charge in [-0.2, -0.15) is 0 Å². The van der Waals surface area contributed by atoms with Gasteiger partial charge in [0.1, 0.15) is 17.1 Å². The number of nitrogens with one attached hydrogen (secondary N) is 1. The third kappa shape index (κ3) is 3.70. The highest BCUT2D eigenvalue weighted by molar-refractivity contribution is 9.10. The molecular weight excluding hydrogens is 416 g/mol. The van der Waals surface area contributed by atoms with E-state index >= 15 is 0 Å². The molecule has 138 valence electrons. The molecule has 8 heteroatoms. The highest BCUT2D eigenvalue weighted by Crippen LogP contribution is 2.31. The molecule has 3 rings (SSSR count). The predicted octanol–water partition coefficient (Wildman–Crippen LogP) is 3.22. The van der Waals surface area contributed by atoms with Crippen LogP contribution in [0.4, 0.5) is 10.5 Å². The molecule has 0 atom stereocenters. The first-order chi connectivity index (χ1) is 12.9. The van der Waals surface area contributed by atoms with E-state index in [2.05, 4.69) is 21.2 Å². The number of carbonyl (C=O) groups excluding carboxylic acids is 3. The number of para-hydroxylation sites is 2. The van der Waals surface area contributed by atoms with Gasteiger partial charge >= 0.3 is 6.03 Å². The Bertz CT molecular complexity index is 970. The SMILES string of the molecule is CCOc1ccccc1N1C(=O)NC(=O)/C(=C\c2ccc(O)c(Br)c2)C1=O. The van der Waals surface area contributed by atoms with E-state index in [4.69, 9.17) is 4.74 Å². The van der Waals surface area contributed by atoms with E-state index in [1.807, 2.05) is 0 Å². The Labute approximate surface area is 163 Å². The molecule has 0 aromatic heterocycles. The molecule has 2 N–H and O–H groups in total. The van der Waals surface area contributed by atoms with Gasteiger partial charge in [0.25, 0.3) is 11.8 Å². The van der Waals surface area contributed by atoms with Gasteiger partial charge in [-0.1, -0.05) is 18.2 Å². The second-order valence-electron chi connectivity index (χ2n) is 5.57. The summed E-state index contributed by atoms with van der Waals surface area (Å²) < 4.78 is 5.90. The maximum absolute atomic E-state index is 12.9. The number of nitrogens with zero attached hydrogens (tertiary/aromatic N) is 1. The first-order valence-corrected chi connectivity index (χ1v) is 8.83. The van der Waals surface area contributed by atoms with E-state index in [1.54, 1.807) is 43.3 Å². The van der Waals surface area contributed by atoms with Crippen LogP contribution in [0.15, 0.2) is 52.5 Å². The summed E-state index contributed by atoms with van der Waals surface area (Å²) in [5, 5.41) is 11.7. The average Bonchev–Trinajstić information content (AvgIpc) is 2.63. The zero-order valence-corrected chi connectivity index (χ0v) is 15.8. The zero-order chi connectivity index (χ0) is 19.6. The highest BCUT2D eigenvalue weighted by Gasteiger charge is 2.38. The summed E-state index contributed by atoms with van der Waals surface area (Å²) in [6.45, 7) is 2.14. The minimum Gasteiger partial charge on any atom is -0.507 e. The summed E-state index contributed by atoms with van der Waals surface area (Å²) in [4.78, 5) is 38.3. The molecule has 0 aliphatic carbocycles. The van der Waals surface area contributed by atoms with Crippen LogP contribution in [-0.4, -0.2) is 29.6 Å². The number of benzene rings is 2. The Kier molecular flexibility index (Phi) is 5.27. The molecule has 4 amide bonds. The summed E-state index contributed by atoms with van der Waals surface area (Å²) in [7, 11) is 0. The van der Waals surface area contributed by atoms with Crippen molar-refractivity contribution >= 4 is 45.5 Å². The number of halogens is 1. The second kappa shape index (κ2) is 7.63. The number of amides is 4. The second-order valence-corrected chi connectivity index (χ2v) is 6.42. The molecule has 1 aliphatic rings. The number of ether oxygens (including phenoxy) is 1. The van der Waals surface area contributed by atoms with Gasteiger partial charge in [0.15, 0.2) is 0 Å². The molecule has 0 saturated carbocycles. The van der Waals surface area contributed by atoms with Crippen molar-refractivity contribution in [1.82, 2.24) is 5.32 Å². The van der Waals surface area contributed by atoms with Crippen LogP contribution in [0, 0.1) is 0 Å². The van der Waals surface area contributed by atoms with Crippen molar-refractivity contribution in [1.29, 1.82) is 0 Å². The van der Waals surface area contributed by atoms with E-state index in [0.717, 1.165) is 4.90 Å². The van der Waals surface area contributed by atoms with Crippen molar-refractivity contribution in [3.8, 4) is 11.5 Å². The number of anilines is 1. The van der Waals surface area contributed by atoms with Crippen LogP contribution in [-0.2, 0) is 9.59 Å². The monoisotopic (exact) mass is 430 g/mol. The number of barbiturate groups is 1. The maximum Gasteiger partial charge on any atom is 0.336 e. The van der Waals surface area contributed by atoms with Crippen molar-refractivity contribution in [3.05, 3.63) is 58.1 Å². The molecule has 0 unspecified atom stereocenters. The number of phenols is 1. The third-order valence-electron chi connectivity index (χ3n) is 3.79. The third-order valence-corrected chi connectivity index (χ3v) is 4.43. The topological polar surface area (TPSA) is 95.9 Å². The van der Waals surface area contributed by atoms with E-state index < -0.39 is 17.8 Å². The number of phenolic OH excluding ortho intramolecular Hbond substituents is 1. The lowest BCUT2D eigenvalue weighted by atomic mass is 10.1. The molecule has 2 aromatic rings. The molecule has 1 aliphatic heterocycles. The summed E-state index contributed by atoms with van der Waals surface area (Å²) in [5.74, 6) is -1.18. The van der Waals surface area contributed by atoms with Crippen molar-refractivity contribution in [2.75, 3.05) is 11.5 Å². The van der Waals surface area contributed by atoms with Gasteiger partial charge in [0.2, 0.25) is 0 Å². The maximum atomic E-state index is 12.9. The van der Waals surface area contributed by atoms with E-state index in [1.165, 1.54) is 12.1 Å². The van der Waals surface area contributed by atoms with Gasteiger partial charge in [-0.05, 0) is 58.8 Å². The number of aromatic hydroxyl groups is 1. The van der Waals surface area contributed by atoms with E-state index in [-0.39, 0.29) is 17.0 Å². The highest BCUT2D eigenvalue weighted by atomic mass is 79.9. The molecule has 1 heterocycles. The average molecular weight is 431 g/mol. The number of imide groups is 2. The molecule has 0 spiro atoms. The molecule has 1 saturated heterocycles. The van der Waals surface area contributed by atoms with Crippen molar-refractivity contribution < 1.29 is 24.2 Å². The lowest BCUT2D eigenvalue weighted by Gasteiger charge is -2.27. The largest absolute Gasteiger partial charge is 0.507 e. The number of rotatable bonds is 4. The fourth-order valence-electron chi connectivity index (χ4n) is 2.58. The lowest BCUT2D eigenvalue weighted by Crippen LogP contribution is -2.54. The number of urea groups is 1. The van der Waals surface area contributed by atoms with Crippen LogP contribution in [0.25, 0.3) is 6.08 Å². The van der Waals surface area contributed by atoms with E-state index in [9.17, 15) is 19.5 Å². The van der Waals surface area contributed by atoms with Gasteiger partial charge in [0, 0.05) is 0 Å². The van der Waals surface area contributed by atoms with Crippen LogP contribution in [0.5, 0.6) is 11.5 Å². The fraction of sp³-hybridized carbons (Fsp3) is 0.105. The zero-order valence-electron chi connectivity index (χ0n) is 14.2. The molecule has 27 heavy (non-hydrogen) atoms. The minimum absolute atomic E-state index is 0.0269. The first kappa shape index (κ1) is 18.7. The Morgan fingerprint density at radius 3 is 2.63 bits per heavy atom. The Balaban J connectivity index is 2.04. The number of carbonyl (C=O) groups is 3. The summed E-state index contributed by atoms with van der Waals surface area (Å²) in [6.07, 6.45) is 1.35. The Morgan fingerprint density at radius 2 is 1.93 bits per heavy atom. The van der Waals surface area contributed by atoms with Gasteiger partial charge < -0.3 is 9.84 Å². The van der Waals surface area contributed by atoms with E-state index in [0.29, 0.717) is 22.4 Å². The molecule has 0 radical (unpaired) electrons. The molecule has 2 aromatic carbocycles. The molecule has 7 nitrogen and oxygen atoms in total. The van der Waals surface area contributed by atoms with Crippen LogP contribution in [0.3, 0.4) is 0 Å².